The van der Waals surface area contributed by atoms with E-state index in [4.69, 9.17) is 13.9 Å². The molecule has 1 aromatic carbocycles. The summed E-state index contributed by atoms with van der Waals surface area (Å²) in [7, 11) is -0.631. The number of benzene rings is 1. The van der Waals surface area contributed by atoms with Crippen LogP contribution in [0.15, 0.2) is 18.2 Å². The van der Waals surface area contributed by atoms with Crippen molar-refractivity contribution in [2.75, 3.05) is 38.3 Å². The quantitative estimate of drug-likeness (QED) is 0.611. The van der Waals surface area contributed by atoms with E-state index in [9.17, 15) is 4.79 Å². The molecule has 0 bridgehead atoms. The van der Waals surface area contributed by atoms with Gasteiger partial charge in [-0.1, -0.05) is 20.8 Å². The van der Waals surface area contributed by atoms with Crippen LogP contribution in [0.4, 0.5) is 5.69 Å². The minimum absolute atomic E-state index is 0.0588. The van der Waals surface area contributed by atoms with Gasteiger partial charge in [0.25, 0.3) is 8.32 Å². The number of hydrogen-bond acceptors (Lipinski definition) is 5. The number of carbonyl (C=O) groups is 1. The number of anilines is 1. The smallest absolute Gasteiger partial charge is 0.341 e. The Labute approximate surface area is 146 Å². The van der Waals surface area contributed by atoms with Crippen molar-refractivity contribution in [1.29, 1.82) is 0 Å². The maximum atomic E-state index is 12.3. The van der Waals surface area contributed by atoms with Gasteiger partial charge in [-0.25, -0.2) is 4.79 Å². The summed E-state index contributed by atoms with van der Waals surface area (Å²) in [5.74, 6) is 0.254. The second-order valence-corrected chi connectivity index (χ2v) is 12.4. The number of ether oxygens (including phenoxy) is 2. The summed E-state index contributed by atoms with van der Waals surface area (Å²) < 4.78 is 16.7. The Hall–Kier alpha value is -1.53. The molecule has 0 radical (unpaired) electrons. The van der Waals surface area contributed by atoms with Crippen LogP contribution in [-0.2, 0) is 9.47 Å². The molecular weight excluding hydrogens is 322 g/mol. The van der Waals surface area contributed by atoms with Crippen molar-refractivity contribution in [2.24, 2.45) is 0 Å². The summed E-state index contributed by atoms with van der Waals surface area (Å²) in [5, 5.41) is 0.0588. The Balaban J connectivity index is 2.35. The van der Waals surface area contributed by atoms with Crippen LogP contribution in [-0.4, -0.2) is 47.7 Å². The molecule has 0 N–H and O–H groups in total. The minimum Gasteiger partial charge on any atom is -0.543 e. The van der Waals surface area contributed by atoms with Gasteiger partial charge in [0.1, 0.15) is 11.3 Å². The molecule has 6 heteroatoms. The fraction of sp³-hybridized carbons (Fsp3) is 0.611. The van der Waals surface area contributed by atoms with Crippen LogP contribution in [0, 0.1) is 0 Å². The molecule has 0 atom stereocenters. The van der Waals surface area contributed by atoms with Crippen molar-refractivity contribution in [1.82, 2.24) is 0 Å². The summed E-state index contributed by atoms with van der Waals surface area (Å²) >= 11 is 0. The highest BCUT2D eigenvalue weighted by molar-refractivity contribution is 6.74. The molecule has 1 aliphatic rings. The van der Waals surface area contributed by atoms with Crippen molar-refractivity contribution in [3.63, 3.8) is 0 Å². The molecule has 24 heavy (non-hydrogen) atoms. The largest absolute Gasteiger partial charge is 0.543 e. The zero-order valence-corrected chi connectivity index (χ0v) is 16.6. The number of esters is 1. The molecule has 0 saturated carbocycles. The van der Waals surface area contributed by atoms with Gasteiger partial charge in [-0.05, 0) is 36.3 Å². The average molecular weight is 352 g/mol. The first-order chi connectivity index (χ1) is 11.2. The lowest BCUT2D eigenvalue weighted by Crippen LogP contribution is -2.44. The first-order valence-corrected chi connectivity index (χ1v) is 11.3. The van der Waals surface area contributed by atoms with Gasteiger partial charge in [-0.2, -0.15) is 0 Å². The molecule has 0 aromatic heterocycles. The maximum absolute atomic E-state index is 12.3. The molecule has 134 valence electrons. The van der Waals surface area contributed by atoms with Gasteiger partial charge in [-0.3, -0.25) is 0 Å². The molecule has 1 aromatic rings. The van der Waals surface area contributed by atoms with E-state index >= 15 is 0 Å². The summed E-state index contributed by atoms with van der Waals surface area (Å²) in [6.07, 6.45) is 0. The zero-order chi connectivity index (χ0) is 18.0. The first-order valence-electron chi connectivity index (χ1n) is 8.40. The minimum atomic E-state index is -2.03. The van der Waals surface area contributed by atoms with Crippen molar-refractivity contribution in [3.05, 3.63) is 23.8 Å². The lowest BCUT2D eigenvalue weighted by Gasteiger charge is -2.37. The van der Waals surface area contributed by atoms with E-state index < -0.39 is 8.32 Å². The molecule has 1 aliphatic heterocycles. The van der Waals surface area contributed by atoms with E-state index in [0.29, 0.717) is 24.5 Å². The summed E-state index contributed by atoms with van der Waals surface area (Å²) in [6, 6.07) is 5.79. The summed E-state index contributed by atoms with van der Waals surface area (Å²) in [6.45, 7) is 13.9. The topological polar surface area (TPSA) is 48.0 Å². The van der Waals surface area contributed by atoms with Crippen LogP contribution in [0.25, 0.3) is 0 Å². The number of nitrogens with zero attached hydrogens (tertiary/aromatic N) is 1. The lowest BCUT2D eigenvalue weighted by molar-refractivity contribution is 0.0598. The van der Waals surface area contributed by atoms with E-state index in [-0.39, 0.29) is 11.0 Å². The monoisotopic (exact) mass is 351 g/mol. The normalized spacial score (nSPS) is 16.0. The Morgan fingerprint density at radius 2 is 1.83 bits per heavy atom. The van der Waals surface area contributed by atoms with Gasteiger partial charge >= 0.3 is 5.97 Å². The predicted molar refractivity (Wildman–Crippen MR) is 98.6 cm³/mol. The second kappa shape index (κ2) is 7.15. The highest BCUT2D eigenvalue weighted by atomic mass is 28.4. The zero-order valence-electron chi connectivity index (χ0n) is 15.6. The van der Waals surface area contributed by atoms with Crippen LogP contribution in [0.5, 0.6) is 5.75 Å². The van der Waals surface area contributed by atoms with E-state index in [2.05, 4.69) is 38.8 Å². The third-order valence-corrected chi connectivity index (χ3v) is 9.26. The molecule has 0 spiro atoms. The van der Waals surface area contributed by atoms with Gasteiger partial charge in [0.05, 0.1) is 20.3 Å². The Morgan fingerprint density at radius 1 is 1.21 bits per heavy atom. The third kappa shape index (κ3) is 4.11. The Kier molecular flexibility index (Phi) is 5.60. The summed E-state index contributed by atoms with van der Waals surface area (Å²) in [5.41, 5.74) is 1.49. The molecule has 0 amide bonds. The highest BCUT2D eigenvalue weighted by Crippen LogP contribution is 2.39. The van der Waals surface area contributed by atoms with Crippen molar-refractivity contribution < 1.29 is 18.7 Å². The van der Waals surface area contributed by atoms with E-state index in [1.165, 1.54) is 7.11 Å². The number of methoxy groups -OCH3 is 1. The highest BCUT2D eigenvalue weighted by Gasteiger charge is 2.39. The van der Waals surface area contributed by atoms with Gasteiger partial charge in [-0.15, -0.1) is 0 Å². The van der Waals surface area contributed by atoms with Crippen molar-refractivity contribution in [2.45, 2.75) is 38.9 Å². The van der Waals surface area contributed by atoms with E-state index in [1.807, 2.05) is 18.2 Å². The molecule has 1 saturated heterocycles. The van der Waals surface area contributed by atoms with Gasteiger partial charge in [0.15, 0.2) is 0 Å². The van der Waals surface area contributed by atoms with Crippen LogP contribution in [0.3, 0.4) is 0 Å². The number of carbonyl (C=O) groups excluding carboxylic acids is 1. The standard InChI is InChI=1S/C18H29NO4Si/c1-18(2,3)24(5,6)23-16-8-7-14(13-15(16)17(20)21-4)19-9-11-22-12-10-19/h7-8,13H,9-12H2,1-6H3. The number of rotatable bonds is 4. The van der Waals surface area contributed by atoms with Crippen molar-refractivity contribution >= 4 is 20.0 Å². The third-order valence-electron chi connectivity index (χ3n) is 4.92. The van der Waals surface area contributed by atoms with Gasteiger partial charge in [0, 0.05) is 18.8 Å². The molecule has 1 heterocycles. The molecule has 5 nitrogen and oxygen atoms in total. The second-order valence-electron chi connectivity index (χ2n) is 7.63. The van der Waals surface area contributed by atoms with Crippen LogP contribution in [0.2, 0.25) is 18.1 Å². The Bertz CT molecular complexity index is 589. The van der Waals surface area contributed by atoms with Gasteiger partial charge < -0.3 is 18.8 Å². The Morgan fingerprint density at radius 3 is 2.38 bits per heavy atom. The van der Waals surface area contributed by atoms with Gasteiger partial charge in [0.2, 0.25) is 0 Å². The average Bonchev–Trinajstić information content (AvgIpc) is 2.54. The number of hydrogen-bond donors (Lipinski definition) is 0. The summed E-state index contributed by atoms with van der Waals surface area (Å²) in [4.78, 5) is 14.5. The first kappa shape index (κ1) is 18.8. The fourth-order valence-electron chi connectivity index (χ4n) is 2.32. The van der Waals surface area contributed by atoms with Crippen LogP contribution < -0.4 is 9.33 Å². The number of morpholine rings is 1. The molecular formula is C18H29NO4Si. The van der Waals surface area contributed by atoms with Crippen LogP contribution in [0.1, 0.15) is 31.1 Å². The van der Waals surface area contributed by atoms with Crippen LogP contribution >= 0.6 is 0 Å². The molecule has 0 aliphatic carbocycles. The fourth-order valence-corrected chi connectivity index (χ4v) is 3.36. The van der Waals surface area contributed by atoms with Crippen molar-refractivity contribution in [3.8, 4) is 5.75 Å². The maximum Gasteiger partial charge on any atom is 0.341 e. The SMILES string of the molecule is COC(=O)c1cc(N2CCOCC2)ccc1O[Si](C)(C)C(C)(C)C. The molecule has 0 unspecified atom stereocenters. The molecule has 2 rings (SSSR count). The lowest BCUT2D eigenvalue weighted by atomic mass is 10.1. The predicted octanol–water partition coefficient (Wildman–Crippen LogP) is 3.69. The van der Waals surface area contributed by atoms with E-state index in [0.717, 1.165) is 18.8 Å². The molecule has 1 fully saturated rings. The van der Waals surface area contributed by atoms with E-state index in [1.54, 1.807) is 0 Å².